The van der Waals surface area contributed by atoms with E-state index in [4.69, 9.17) is 9.47 Å². The molecule has 0 aromatic heterocycles. The first-order valence-electron chi connectivity index (χ1n) is 15.3. The highest BCUT2D eigenvalue weighted by Crippen LogP contribution is 2.59. The van der Waals surface area contributed by atoms with Crippen molar-refractivity contribution in [3.63, 3.8) is 0 Å². The number of benzene rings is 2. The number of esters is 1. The number of likely N-dealkylation sites (tertiary alicyclic amines) is 1. The Morgan fingerprint density at radius 2 is 1.79 bits per heavy atom. The van der Waals surface area contributed by atoms with Crippen LogP contribution in [0.3, 0.4) is 0 Å². The Morgan fingerprint density at radius 3 is 2.52 bits per heavy atom. The molecule has 4 heterocycles. The molecule has 4 aliphatic heterocycles. The fourth-order valence-electron chi connectivity index (χ4n) is 7.56. The number of carbonyl (C=O) groups is 3. The van der Waals surface area contributed by atoms with Crippen molar-refractivity contribution in [1.29, 1.82) is 0 Å². The second-order valence-corrected chi connectivity index (χ2v) is 12.1. The van der Waals surface area contributed by atoms with Crippen molar-refractivity contribution < 1.29 is 29.0 Å². The van der Waals surface area contributed by atoms with Crippen molar-refractivity contribution >= 4 is 34.2 Å². The minimum atomic E-state index is -1.40. The zero-order valence-electron chi connectivity index (χ0n) is 24.6. The van der Waals surface area contributed by atoms with E-state index in [1.807, 2.05) is 87.5 Å². The number of nitrogens with zero attached hydrogens (tertiary/aromatic N) is 2. The molecule has 2 amide bonds. The lowest BCUT2D eigenvalue weighted by molar-refractivity contribution is -0.161. The van der Waals surface area contributed by atoms with Crippen molar-refractivity contribution in [2.45, 2.75) is 69.7 Å². The molecule has 1 spiro atoms. The zero-order valence-corrected chi connectivity index (χ0v) is 24.6. The Bertz CT molecular complexity index is 1450. The molecule has 0 aliphatic carbocycles. The van der Waals surface area contributed by atoms with Crippen LogP contribution in [0.5, 0.6) is 0 Å². The van der Waals surface area contributed by atoms with Gasteiger partial charge in [-0.05, 0) is 48.1 Å². The Kier molecular flexibility index (Phi) is 7.48. The van der Waals surface area contributed by atoms with Crippen LogP contribution in [0.15, 0.2) is 66.8 Å². The van der Waals surface area contributed by atoms with Crippen molar-refractivity contribution in [2.75, 3.05) is 24.7 Å². The molecule has 8 heteroatoms. The van der Waals surface area contributed by atoms with Gasteiger partial charge >= 0.3 is 5.97 Å². The molecule has 2 fully saturated rings. The summed E-state index contributed by atoms with van der Waals surface area (Å²) in [6.45, 7) is 6.15. The van der Waals surface area contributed by atoms with Crippen LogP contribution in [0.4, 0.5) is 5.69 Å². The van der Waals surface area contributed by atoms with E-state index in [0.717, 1.165) is 17.2 Å². The first-order chi connectivity index (χ1) is 20.3. The van der Waals surface area contributed by atoms with Gasteiger partial charge in [0.25, 0.3) is 5.91 Å². The first-order valence-corrected chi connectivity index (χ1v) is 15.3. The van der Waals surface area contributed by atoms with Gasteiger partial charge in [0.15, 0.2) is 0 Å². The topological polar surface area (TPSA) is 96.4 Å². The standard InChI is InChI=1S/C34H40N2O6/c1-4-22(3)26(21-37)36-29-31(39)35(25-15-14-23-12-7-8-13-24(23)20-25)18-11-17-34(29)27(30(36)38)28-32(40)41-19-10-6-9-16-33(28,5-2)42-34/h7-9,11-17,20,22,26-29,37H,4-6,10,18-19,21H2,1-3H3/b16-9-/t22-,26-,27-,28+,29?,33-,34-/m0/s1. The Morgan fingerprint density at radius 1 is 1.00 bits per heavy atom. The second-order valence-electron chi connectivity index (χ2n) is 12.1. The number of ether oxygens (including phenoxy) is 2. The third-order valence-corrected chi connectivity index (χ3v) is 9.96. The fraction of sp³-hybridized carbons (Fsp3) is 0.500. The van der Waals surface area contributed by atoms with E-state index >= 15 is 0 Å². The number of hydrogen-bond donors (Lipinski definition) is 1. The average molecular weight is 573 g/mol. The Balaban J connectivity index is 1.53. The predicted molar refractivity (Wildman–Crippen MR) is 160 cm³/mol. The third kappa shape index (κ3) is 4.21. The minimum Gasteiger partial charge on any atom is -0.465 e. The van der Waals surface area contributed by atoms with Crippen molar-refractivity contribution in [3.8, 4) is 0 Å². The number of allylic oxidation sites excluding steroid dienone is 1. The summed E-state index contributed by atoms with van der Waals surface area (Å²) in [4.78, 5) is 46.5. The van der Waals surface area contributed by atoms with Crippen LogP contribution in [0, 0.1) is 17.8 Å². The SMILES string of the molecule is CC[C@H](C)[C@H](CO)N1C(=O)[C@@H]2[C@@H]3C(=O)OCCC/C=C\[C@]3(CC)O[C@@]23C=CCN(c2ccc4ccccc4c2)C(=O)C13. The number of hydrogen-bond acceptors (Lipinski definition) is 6. The monoisotopic (exact) mass is 572 g/mol. The Hall–Kier alpha value is -3.49. The summed E-state index contributed by atoms with van der Waals surface area (Å²) in [6.07, 6.45) is 10.2. The van der Waals surface area contributed by atoms with Crippen LogP contribution in [0.2, 0.25) is 0 Å². The molecule has 0 bridgehead atoms. The highest BCUT2D eigenvalue weighted by molar-refractivity contribution is 6.06. The number of carbonyl (C=O) groups excluding carboxylic acids is 3. The van der Waals surface area contributed by atoms with E-state index in [2.05, 4.69) is 0 Å². The maximum atomic E-state index is 14.9. The zero-order chi connectivity index (χ0) is 29.6. The molecule has 222 valence electrons. The van der Waals surface area contributed by atoms with Crippen LogP contribution in [0.25, 0.3) is 10.8 Å². The number of aliphatic hydroxyl groups is 1. The summed E-state index contributed by atoms with van der Waals surface area (Å²) < 4.78 is 12.7. The van der Waals surface area contributed by atoms with Crippen molar-refractivity contribution in [2.24, 2.45) is 17.8 Å². The average Bonchev–Trinajstić information content (AvgIpc) is 3.38. The number of cyclic esters (lactones) is 1. The van der Waals surface area contributed by atoms with Gasteiger partial charge in [-0.25, -0.2) is 0 Å². The van der Waals surface area contributed by atoms with Crippen molar-refractivity contribution in [3.05, 3.63) is 66.8 Å². The van der Waals surface area contributed by atoms with Crippen LogP contribution in [-0.4, -0.2) is 70.8 Å². The van der Waals surface area contributed by atoms with Crippen LogP contribution in [-0.2, 0) is 23.9 Å². The van der Waals surface area contributed by atoms with Gasteiger partial charge in [0.1, 0.15) is 23.2 Å². The molecule has 0 radical (unpaired) electrons. The van der Waals surface area contributed by atoms with Gasteiger partial charge in [0.05, 0.1) is 25.2 Å². The second kappa shape index (κ2) is 11.0. The quantitative estimate of drug-likeness (QED) is 0.407. The number of amides is 2. The molecule has 2 saturated heterocycles. The lowest BCUT2D eigenvalue weighted by Gasteiger charge is -2.42. The summed E-state index contributed by atoms with van der Waals surface area (Å²) in [7, 11) is 0. The largest absolute Gasteiger partial charge is 0.465 e. The number of rotatable bonds is 6. The molecule has 2 aromatic carbocycles. The lowest BCUT2D eigenvalue weighted by Crippen LogP contribution is -2.60. The molecule has 4 aliphatic rings. The van der Waals surface area contributed by atoms with Crippen LogP contribution < -0.4 is 4.90 Å². The van der Waals surface area contributed by atoms with E-state index in [-0.39, 0.29) is 37.5 Å². The molecular weight excluding hydrogens is 532 g/mol. The smallest absolute Gasteiger partial charge is 0.313 e. The molecule has 8 nitrogen and oxygen atoms in total. The van der Waals surface area contributed by atoms with Gasteiger partial charge in [-0.2, -0.15) is 0 Å². The number of anilines is 1. The lowest BCUT2D eigenvalue weighted by atomic mass is 9.73. The molecule has 2 aromatic rings. The van der Waals surface area contributed by atoms with Gasteiger partial charge in [-0.3, -0.25) is 14.4 Å². The third-order valence-electron chi connectivity index (χ3n) is 9.96. The highest BCUT2D eigenvalue weighted by atomic mass is 16.6. The fourth-order valence-corrected chi connectivity index (χ4v) is 7.56. The Labute approximate surface area is 246 Å². The summed E-state index contributed by atoms with van der Waals surface area (Å²) in [6, 6.07) is 12.2. The molecule has 1 N–H and O–H groups in total. The van der Waals surface area contributed by atoms with E-state index < -0.39 is 41.1 Å². The predicted octanol–water partition coefficient (Wildman–Crippen LogP) is 4.40. The highest BCUT2D eigenvalue weighted by Gasteiger charge is 2.76. The molecule has 0 saturated carbocycles. The van der Waals surface area contributed by atoms with Gasteiger partial charge in [0, 0.05) is 12.2 Å². The molecule has 1 unspecified atom stereocenters. The van der Waals surface area contributed by atoms with Crippen LogP contribution >= 0.6 is 0 Å². The van der Waals surface area contributed by atoms with E-state index in [1.165, 1.54) is 0 Å². The molecule has 7 atom stereocenters. The summed E-state index contributed by atoms with van der Waals surface area (Å²) in [5.41, 5.74) is -1.78. The molecule has 6 rings (SSSR count). The maximum absolute atomic E-state index is 14.9. The van der Waals surface area contributed by atoms with Crippen LogP contribution in [0.1, 0.15) is 46.5 Å². The summed E-state index contributed by atoms with van der Waals surface area (Å²) in [5, 5.41) is 12.7. The van der Waals surface area contributed by atoms with Gasteiger partial charge in [0.2, 0.25) is 5.91 Å². The molecular formula is C34H40N2O6. The maximum Gasteiger partial charge on any atom is 0.313 e. The van der Waals surface area contributed by atoms with Gasteiger partial charge < -0.3 is 24.4 Å². The summed E-state index contributed by atoms with van der Waals surface area (Å²) in [5.74, 6) is -3.08. The van der Waals surface area contributed by atoms with E-state index in [1.54, 1.807) is 9.80 Å². The molecule has 42 heavy (non-hydrogen) atoms. The van der Waals surface area contributed by atoms with E-state index in [0.29, 0.717) is 24.9 Å². The van der Waals surface area contributed by atoms with Gasteiger partial charge in [-0.1, -0.05) is 81.8 Å². The van der Waals surface area contributed by atoms with Crippen molar-refractivity contribution in [1.82, 2.24) is 4.90 Å². The number of aliphatic hydroxyl groups excluding tert-OH is 1. The minimum absolute atomic E-state index is 0.0905. The normalized spacial score (nSPS) is 33.1. The first kappa shape index (κ1) is 28.6. The van der Waals surface area contributed by atoms with E-state index in [9.17, 15) is 19.5 Å². The summed E-state index contributed by atoms with van der Waals surface area (Å²) >= 11 is 0. The van der Waals surface area contributed by atoms with Gasteiger partial charge in [-0.15, -0.1) is 0 Å². The number of fused-ring (bicyclic) bond motifs is 3.